The van der Waals surface area contributed by atoms with Gasteiger partial charge in [-0.05, 0) is 43.9 Å². The quantitative estimate of drug-likeness (QED) is 0.128. The molecule has 0 bridgehead atoms. The van der Waals surface area contributed by atoms with Crippen LogP contribution in [0.15, 0.2) is 29.3 Å². The highest BCUT2D eigenvalue weighted by Gasteiger charge is 2.08. The number of nitrogens with zero attached hydrogens (tertiary/aromatic N) is 2. The number of rotatable bonds is 11. The number of carbonyl (C=O) groups is 2. The highest BCUT2D eigenvalue weighted by atomic mass is 32.2. The average molecular weight is 528 g/mol. The Labute approximate surface area is 211 Å². The normalized spacial score (nSPS) is 10.1. The number of nitrogens with one attached hydrogen (secondary N) is 3. The highest BCUT2D eigenvalue weighted by Crippen LogP contribution is 2.23. The zero-order chi connectivity index (χ0) is 26.9. The zero-order valence-electron chi connectivity index (χ0n) is 20.9. The minimum atomic E-state index is -3.08. The molecule has 0 aliphatic heterocycles. The van der Waals surface area contributed by atoms with E-state index in [0.717, 1.165) is 35.4 Å². The molecular formula is C22H37N7O4S2. The number of aromatic nitrogens is 1. The number of guanidine groups is 1. The van der Waals surface area contributed by atoms with Crippen LogP contribution in [-0.2, 0) is 32.5 Å². The standard InChI is InChI=1S/C15H19N5OS.C5H12N2O3S.C2H6/c1-9-13(20-15(22-9)18-10(2)21)8-5-11-3-6-12(7-4-11)19-14(16)17;1-11(9,10)7-4-2-3-6-5-8;1-2/h3-4,6-7H,5,8H2,1-2H3,(H4,16,17,19)(H,18,20,21);5,7H,2-4H2,1H3,(H,6,8);1-2H3. The molecule has 0 aliphatic rings. The molecule has 13 heteroatoms. The van der Waals surface area contributed by atoms with Gasteiger partial charge in [0.1, 0.15) is 0 Å². The second-order valence-corrected chi connectivity index (χ2v) is 10.0. The fraction of sp³-hybridized carbons (Fsp3) is 0.455. The van der Waals surface area contributed by atoms with Crippen LogP contribution in [-0.4, -0.2) is 51.0 Å². The second-order valence-electron chi connectivity index (χ2n) is 7.00. The summed E-state index contributed by atoms with van der Waals surface area (Å²) in [5.74, 6) is -0.0491. The van der Waals surface area contributed by atoms with Crippen molar-refractivity contribution in [3.05, 3.63) is 40.4 Å². The molecule has 0 radical (unpaired) electrons. The van der Waals surface area contributed by atoms with Crippen LogP contribution in [0.3, 0.4) is 0 Å². The van der Waals surface area contributed by atoms with E-state index in [4.69, 9.17) is 11.5 Å². The van der Waals surface area contributed by atoms with E-state index in [-0.39, 0.29) is 11.9 Å². The van der Waals surface area contributed by atoms with Crippen molar-refractivity contribution in [2.75, 3.05) is 24.7 Å². The molecule has 196 valence electrons. The summed E-state index contributed by atoms with van der Waals surface area (Å²) in [7, 11) is -3.08. The summed E-state index contributed by atoms with van der Waals surface area (Å²) in [6.45, 7) is 8.35. The van der Waals surface area contributed by atoms with E-state index >= 15 is 0 Å². The van der Waals surface area contributed by atoms with Crippen molar-refractivity contribution in [1.29, 1.82) is 0 Å². The number of amides is 2. The fourth-order valence-electron chi connectivity index (χ4n) is 2.52. The van der Waals surface area contributed by atoms with Gasteiger partial charge in [0.25, 0.3) is 0 Å². The van der Waals surface area contributed by atoms with Crippen molar-refractivity contribution in [3.8, 4) is 0 Å². The molecule has 7 N–H and O–H groups in total. The van der Waals surface area contributed by atoms with Gasteiger partial charge in [-0.3, -0.25) is 9.59 Å². The molecule has 0 atom stereocenters. The maximum Gasteiger partial charge on any atom is 0.223 e. The smallest absolute Gasteiger partial charge is 0.223 e. The molecule has 35 heavy (non-hydrogen) atoms. The van der Waals surface area contributed by atoms with E-state index < -0.39 is 10.0 Å². The second kappa shape index (κ2) is 17.4. The molecule has 0 aliphatic carbocycles. The first-order chi connectivity index (χ1) is 16.5. The maximum atomic E-state index is 11.0. The van der Waals surface area contributed by atoms with Gasteiger partial charge >= 0.3 is 0 Å². The van der Waals surface area contributed by atoms with Gasteiger partial charge in [0, 0.05) is 24.9 Å². The van der Waals surface area contributed by atoms with Crippen LogP contribution < -0.4 is 26.8 Å². The number of carbonyl (C=O) groups excluding carboxylic acids is 2. The van der Waals surface area contributed by atoms with Crippen LogP contribution in [0.4, 0.5) is 10.8 Å². The average Bonchev–Trinajstić information content (AvgIpc) is 3.12. The molecular weight excluding hydrogens is 490 g/mol. The van der Waals surface area contributed by atoms with Crippen LogP contribution in [0.1, 0.15) is 43.3 Å². The van der Waals surface area contributed by atoms with Gasteiger partial charge < -0.3 is 22.1 Å². The lowest BCUT2D eigenvalue weighted by atomic mass is 10.1. The van der Waals surface area contributed by atoms with Crippen LogP contribution in [0.25, 0.3) is 0 Å². The number of anilines is 1. The summed E-state index contributed by atoms with van der Waals surface area (Å²) in [5.41, 5.74) is 13.6. The first kappa shape index (κ1) is 32.0. The Morgan fingerprint density at radius 3 is 2.29 bits per heavy atom. The molecule has 2 rings (SSSR count). The minimum Gasteiger partial charge on any atom is -0.370 e. The Bertz CT molecular complexity index is 1030. The van der Waals surface area contributed by atoms with Crippen molar-refractivity contribution in [3.63, 3.8) is 0 Å². The Kier molecular flexibility index (Phi) is 15.9. The third-order valence-electron chi connectivity index (χ3n) is 3.97. The van der Waals surface area contributed by atoms with Crippen molar-refractivity contribution >= 4 is 50.5 Å². The van der Waals surface area contributed by atoms with E-state index in [9.17, 15) is 18.0 Å². The van der Waals surface area contributed by atoms with Gasteiger partial charge in [-0.1, -0.05) is 26.0 Å². The van der Waals surface area contributed by atoms with Crippen molar-refractivity contribution in [2.45, 2.75) is 47.0 Å². The summed E-state index contributed by atoms with van der Waals surface area (Å²) < 4.78 is 23.2. The SMILES string of the molecule is CC.CC(=O)Nc1nc(CCc2ccc(N=C(N)N)cc2)c(C)s1.CS(=O)(=O)NCCCNC=O. The first-order valence-electron chi connectivity index (χ1n) is 11.0. The Balaban J connectivity index is 0.000000754. The topological polar surface area (TPSA) is 182 Å². The van der Waals surface area contributed by atoms with Gasteiger partial charge in [0.15, 0.2) is 11.1 Å². The molecule has 1 aromatic carbocycles. The van der Waals surface area contributed by atoms with E-state index in [1.165, 1.54) is 23.8 Å². The first-order valence-corrected chi connectivity index (χ1v) is 13.7. The summed E-state index contributed by atoms with van der Waals surface area (Å²) in [6.07, 6.45) is 3.97. The largest absolute Gasteiger partial charge is 0.370 e. The van der Waals surface area contributed by atoms with E-state index in [1.54, 1.807) is 0 Å². The van der Waals surface area contributed by atoms with E-state index in [0.29, 0.717) is 31.1 Å². The number of hydrogen-bond acceptors (Lipinski definition) is 7. The van der Waals surface area contributed by atoms with Crippen molar-refractivity contribution < 1.29 is 18.0 Å². The lowest BCUT2D eigenvalue weighted by Gasteiger charge is -2.02. The van der Waals surface area contributed by atoms with Gasteiger partial charge in [0.05, 0.1) is 17.6 Å². The number of aliphatic imine (C=N–C) groups is 1. The van der Waals surface area contributed by atoms with Gasteiger partial charge in [-0.25, -0.2) is 23.1 Å². The predicted octanol–water partition coefficient (Wildman–Crippen LogP) is 1.80. The molecule has 1 heterocycles. The molecule has 11 nitrogen and oxygen atoms in total. The Morgan fingerprint density at radius 1 is 1.14 bits per heavy atom. The van der Waals surface area contributed by atoms with Gasteiger partial charge in [-0.2, -0.15) is 0 Å². The van der Waals surface area contributed by atoms with E-state index in [2.05, 4.69) is 25.3 Å². The van der Waals surface area contributed by atoms with Crippen molar-refractivity contribution in [1.82, 2.24) is 15.0 Å². The minimum absolute atomic E-state index is 0.0522. The molecule has 2 amide bonds. The fourth-order valence-corrected chi connectivity index (χ4v) is 3.94. The third-order valence-corrected chi connectivity index (χ3v) is 5.62. The highest BCUT2D eigenvalue weighted by molar-refractivity contribution is 7.88. The van der Waals surface area contributed by atoms with Gasteiger partial charge in [-0.15, -0.1) is 11.3 Å². The predicted molar refractivity (Wildman–Crippen MR) is 143 cm³/mol. The number of aryl methyl sites for hydroxylation is 3. The van der Waals surface area contributed by atoms with Crippen LogP contribution >= 0.6 is 11.3 Å². The number of thiazole rings is 1. The van der Waals surface area contributed by atoms with Crippen LogP contribution in [0.2, 0.25) is 0 Å². The third kappa shape index (κ3) is 16.3. The Morgan fingerprint density at radius 2 is 1.77 bits per heavy atom. The summed E-state index contributed by atoms with van der Waals surface area (Å²) in [6, 6.07) is 7.76. The lowest BCUT2D eigenvalue weighted by molar-refractivity contribution is -0.114. The number of nitrogens with two attached hydrogens (primary N) is 2. The van der Waals surface area contributed by atoms with Crippen molar-refractivity contribution in [2.24, 2.45) is 16.5 Å². The van der Waals surface area contributed by atoms with Crippen LogP contribution in [0, 0.1) is 6.92 Å². The molecule has 0 fully saturated rings. The number of sulfonamides is 1. The summed E-state index contributed by atoms with van der Waals surface area (Å²) in [4.78, 5) is 30.3. The lowest BCUT2D eigenvalue weighted by Crippen LogP contribution is -2.25. The maximum absolute atomic E-state index is 11.0. The Hall–Kier alpha value is -3.03. The molecule has 1 aromatic heterocycles. The molecule has 0 saturated heterocycles. The molecule has 0 unspecified atom stereocenters. The summed E-state index contributed by atoms with van der Waals surface area (Å²) in [5, 5.41) is 5.79. The number of hydrogen-bond donors (Lipinski definition) is 5. The van der Waals surface area contributed by atoms with Gasteiger partial charge in [0.2, 0.25) is 22.3 Å². The number of benzene rings is 1. The molecule has 0 spiro atoms. The van der Waals surface area contributed by atoms with Crippen LogP contribution in [0.5, 0.6) is 0 Å². The van der Waals surface area contributed by atoms with E-state index in [1.807, 2.05) is 45.0 Å². The molecule has 0 saturated carbocycles. The monoisotopic (exact) mass is 527 g/mol. The molecule has 2 aromatic rings. The summed E-state index contributed by atoms with van der Waals surface area (Å²) >= 11 is 1.50. The zero-order valence-corrected chi connectivity index (χ0v) is 22.6.